The van der Waals surface area contributed by atoms with Gasteiger partial charge in [-0.05, 0) is 25.7 Å². The molecule has 0 saturated heterocycles. The maximum Gasteiger partial charge on any atom is 0.411 e. The van der Waals surface area contributed by atoms with Gasteiger partial charge < -0.3 is 4.74 Å². The first-order valence-electron chi connectivity index (χ1n) is 5.73. The summed E-state index contributed by atoms with van der Waals surface area (Å²) in [7, 11) is 0. The van der Waals surface area contributed by atoms with Crippen molar-refractivity contribution < 1.29 is 27.9 Å². The average Bonchev–Trinajstić information content (AvgIpc) is 2.57. The second-order valence-electron chi connectivity index (χ2n) is 4.71. The van der Waals surface area contributed by atoms with E-state index in [0.717, 1.165) is 0 Å². The summed E-state index contributed by atoms with van der Waals surface area (Å²) in [6.07, 6.45) is -0.263. The highest BCUT2D eigenvalue weighted by molar-refractivity contribution is 5.90. The summed E-state index contributed by atoms with van der Waals surface area (Å²) in [4.78, 5) is 11.2. The molecule has 1 fully saturated rings. The van der Waals surface area contributed by atoms with Gasteiger partial charge in [0, 0.05) is 6.08 Å². The van der Waals surface area contributed by atoms with Crippen molar-refractivity contribution in [2.24, 2.45) is 0 Å². The molecular formula is C11H14F3NO3. The number of rotatable bonds is 2. The maximum atomic E-state index is 12.0. The van der Waals surface area contributed by atoms with E-state index in [0.29, 0.717) is 30.7 Å². The highest BCUT2D eigenvalue weighted by Gasteiger charge is 2.44. The number of amides is 1. The van der Waals surface area contributed by atoms with Crippen LogP contribution in [-0.4, -0.2) is 40.6 Å². The molecule has 18 heavy (non-hydrogen) atoms. The highest BCUT2D eigenvalue weighted by Crippen LogP contribution is 2.38. The molecule has 0 aromatic heterocycles. The SMILES string of the molecule is O=C1C=CC2(CCC(OCC(F)(F)F)CC2)N1O. The summed E-state index contributed by atoms with van der Waals surface area (Å²) < 4.78 is 40.7. The molecule has 2 rings (SSSR count). The van der Waals surface area contributed by atoms with Gasteiger partial charge in [-0.3, -0.25) is 10.0 Å². The fourth-order valence-electron chi connectivity index (χ4n) is 2.44. The molecule has 102 valence electrons. The number of alkyl halides is 3. The van der Waals surface area contributed by atoms with Crippen LogP contribution in [0, 0.1) is 0 Å². The molecule has 0 unspecified atom stereocenters. The molecule has 1 heterocycles. The van der Waals surface area contributed by atoms with Crippen molar-refractivity contribution in [2.45, 2.75) is 43.5 Å². The molecule has 1 aliphatic carbocycles. The Morgan fingerprint density at radius 2 is 2.06 bits per heavy atom. The van der Waals surface area contributed by atoms with Gasteiger partial charge in [-0.1, -0.05) is 6.08 Å². The van der Waals surface area contributed by atoms with Crippen molar-refractivity contribution in [3.8, 4) is 0 Å². The normalized spacial score (nSPS) is 32.6. The Balaban J connectivity index is 1.85. The van der Waals surface area contributed by atoms with Crippen LogP contribution < -0.4 is 0 Å². The van der Waals surface area contributed by atoms with E-state index < -0.39 is 30.3 Å². The number of hydrogen-bond donors (Lipinski definition) is 1. The number of hydrogen-bond acceptors (Lipinski definition) is 3. The third-order valence-electron chi connectivity index (χ3n) is 3.45. The monoisotopic (exact) mass is 265 g/mol. The van der Waals surface area contributed by atoms with E-state index in [1.807, 2.05) is 0 Å². The molecule has 7 heteroatoms. The molecule has 1 amide bonds. The maximum absolute atomic E-state index is 12.0. The molecule has 0 aromatic rings. The molecule has 1 spiro atoms. The second-order valence-corrected chi connectivity index (χ2v) is 4.71. The van der Waals surface area contributed by atoms with E-state index in [9.17, 15) is 23.2 Å². The fourth-order valence-corrected chi connectivity index (χ4v) is 2.44. The van der Waals surface area contributed by atoms with Crippen LogP contribution in [0.3, 0.4) is 0 Å². The van der Waals surface area contributed by atoms with Crippen molar-refractivity contribution in [2.75, 3.05) is 6.61 Å². The van der Waals surface area contributed by atoms with Gasteiger partial charge in [0.2, 0.25) is 0 Å². The molecular weight excluding hydrogens is 251 g/mol. The van der Waals surface area contributed by atoms with Crippen molar-refractivity contribution in [1.82, 2.24) is 5.06 Å². The second kappa shape index (κ2) is 4.55. The van der Waals surface area contributed by atoms with Gasteiger partial charge in [0.25, 0.3) is 5.91 Å². The summed E-state index contributed by atoms with van der Waals surface area (Å²) in [6.45, 7) is -1.25. The first kappa shape index (κ1) is 13.4. The lowest BCUT2D eigenvalue weighted by Gasteiger charge is -2.39. The van der Waals surface area contributed by atoms with Crippen LogP contribution in [0.2, 0.25) is 0 Å². The third-order valence-corrected chi connectivity index (χ3v) is 3.45. The van der Waals surface area contributed by atoms with E-state index in [-0.39, 0.29) is 0 Å². The van der Waals surface area contributed by atoms with Crippen molar-refractivity contribution in [3.05, 3.63) is 12.2 Å². The van der Waals surface area contributed by atoms with Gasteiger partial charge in [-0.25, -0.2) is 5.06 Å². The van der Waals surface area contributed by atoms with E-state index in [4.69, 9.17) is 4.74 Å². The fraction of sp³-hybridized carbons (Fsp3) is 0.727. The smallest absolute Gasteiger partial charge is 0.369 e. The predicted molar refractivity (Wildman–Crippen MR) is 54.8 cm³/mol. The van der Waals surface area contributed by atoms with Crippen molar-refractivity contribution in [3.63, 3.8) is 0 Å². The lowest BCUT2D eigenvalue weighted by atomic mass is 9.81. The number of ether oxygens (including phenoxy) is 1. The van der Waals surface area contributed by atoms with Crippen LogP contribution in [0.4, 0.5) is 13.2 Å². The Bertz CT molecular complexity index is 359. The van der Waals surface area contributed by atoms with Gasteiger partial charge in [0.15, 0.2) is 0 Å². The lowest BCUT2D eigenvalue weighted by Crippen LogP contribution is -2.47. The molecule has 1 N–H and O–H groups in total. The van der Waals surface area contributed by atoms with E-state index in [1.165, 1.54) is 6.08 Å². The van der Waals surface area contributed by atoms with Gasteiger partial charge >= 0.3 is 6.18 Å². The minimum absolute atomic E-state index is 0.394. The van der Waals surface area contributed by atoms with E-state index in [1.54, 1.807) is 6.08 Å². The first-order chi connectivity index (χ1) is 8.32. The first-order valence-corrected chi connectivity index (χ1v) is 5.73. The Hall–Kier alpha value is -1.08. The zero-order chi connectivity index (χ0) is 13.4. The predicted octanol–water partition coefficient (Wildman–Crippen LogP) is 2.03. The Morgan fingerprint density at radius 1 is 1.44 bits per heavy atom. The van der Waals surface area contributed by atoms with Crippen LogP contribution in [0.25, 0.3) is 0 Å². The zero-order valence-corrected chi connectivity index (χ0v) is 9.61. The van der Waals surface area contributed by atoms with Crippen LogP contribution in [-0.2, 0) is 9.53 Å². The molecule has 0 aromatic carbocycles. The molecule has 0 bridgehead atoms. The third kappa shape index (κ3) is 2.67. The quantitative estimate of drug-likeness (QED) is 0.777. The Kier molecular flexibility index (Phi) is 3.37. The molecule has 0 atom stereocenters. The van der Waals surface area contributed by atoms with Crippen molar-refractivity contribution >= 4 is 5.91 Å². The number of nitrogens with zero attached hydrogens (tertiary/aromatic N) is 1. The van der Waals surface area contributed by atoms with Crippen LogP contribution in [0.5, 0.6) is 0 Å². The molecule has 2 aliphatic rings. The molecule has 0 radical (unpaired) electrons. The topological polar surface area (TPSA) is 49.8 Å². The van der Waals surface area contributed by atoms with Gasteiger partial charge in [-0.2, -0.15) is 13.2 Å². The summed E-state index contributed by atoms with van der Waals surface area (Å²) in [5.74, 6) is -0.482. The number of halogens is 3. The van der Waals surface area contributed by atoms with Crippen LogP contribution in [0.15, 0.2) is 12.2 Å². The number of carbonyl (C=O) groups excluding carboxylic acids is 1. The van der Waals surface area contributed by atoms with Gasteiger partial charge in [0.05, 0.1) is 11.6 Å². The van der Waals surface area contributed by atoms with Gasteiger partial charge in [0.1, 0.15) is 6.61 Å². The average molecular weight is 265 g/mol. The highest BCUT2D eigenvalue weighted by atomic mass is 19.4. The summed E-state index contributed by atoms with van der Waals surface area (Å²) in [5.41, 5.74) is -0.741. The largest absolute Gasteiger partial charge is 0.411 e. The Labute approximate surface area is 102 Å². The summed E-state index contributed by atoms with van der Waals surface area (Å²) in [6, 6.07) is 0. The van der Waals surface area contributed by atoms with Crippen LogP contribution in [0.1, 0.15) is 25.7 Å². The Morgan fingerprint density at radius 3 is 2.50 bits per heavy atom. The van der Waals surface area contributed by atoms with E-state index >= 15 is 0 Å². The van der Waals surface area contributed by atoms with E-state index in [2.05, 4.69) is 0 Å². The summed E-state index contributed by atoms with van der Waals surface area (Å²) in [5, 5.41) is 10.3. The molecule has 4 nitrogen and oxygen atoms in total. The van der Waals surface area contributed by atoms with Crippen molar-refractivity contribution in [1.29, 1.82) is 0 Å². The van der Waals surface area contributed by atoms with Crippen LogP contribution >= 0.6 is 0 Å². The minimum Gasteiger partial charge on any atom is -0.369 e. The zero-order valence-electron chi connectivity index (χ0n) is 9.61. The van der Waals surface area contributed by atoms with Gasteiger partial charge in [-0.15, -0.1) is 0 Å². The lowest BCUT2D eigenvalue weighted by molar-refractivity contribution is -0.199. The number of hydroxylamine groups is 2. The molecule has 1 aliphatic heterocycles. The number of carbonyl (C=O) groups is 1. The minimum atomic E-state index is -4.32. The molecule has 1 saturated carbocycles. The standard InChI is InChI=1S/C11H14F3NO3/c12-11(13,14)7-18-8-1-4-10(5-2-8)6-3-9(16)15(10)17/h3,6,8,17H,1-2,4-5,7H2. The summed E-state index contributed by atoms with van der Waals surface area (Å²) >= 11 is 0.